The Balaban J connectivity index is 1.69. The van der Waals surface area contributed by atoms with Crippen molar-refractivity contribution in [2.45, 2.75) is 6.17 Å². The normalized spacial score (nSPS) is 16.9. The average Bonchev–Trinajstić information content (AvgIpc) is 3.21. The Hall–Kier alpha value is -4.07. The van der Waals surface area contributed by atoms with E-state index in [2.05, 4.69) is 5.32 Å². The summed E-state index contributed by atoms with van der Waals surface area (Å²) in [6.07, 6.45) is -0.764. The van der Waals surface area contributed by atoms with Gasteiger partial charge in [0.25, 0.3) is 11.6 Å². The molecule has 3 aromatic rings. The van der Waals surface area contributed by atoms with Crippen LogP contribution in [0.3, 0.4) is 0 Å². The predicted octanol–water partition coefficient (Wildman–Crippen LogP) is 4.09. The third-order valence-corrected chi connectivity index (χ3v) is 4.99. The van der Waals surface area contributed by atoms with E-state index in [1.165, 1.54) is 11.0 Å². The number of carbonyl (C=O) groups is 1. The van der Waals surface area contributed by atoms with Crippen molar-refractivity contribution < 1.29 is 19.2 Å². The van der Waals surface area contributed by atoms with Crippen LogP contribution in [0.4, 0.5) is 17.1 Å². The van der Waals surface area contributed by atoms with Gasteiger partial charge in [-0.15, -0.1) is 0 Å². The zero-order valence-electron chi connectivity index (χ0n) is 15.1. The minimum Gasteiger partial charge on any atom is -0.454 e. The topological polar surface area (TPSA) is 93.9 Å². The van der Waals surface area contributed by atoms with E-state index in [0.717, 1.165) is 0 Å². The summed E-state index contributed by atoms with van der Waals surface area (Å²) in [5.41, 5.74) is 1.97. The number of fused-ring (bicyclic) bond motifs is 2. The highest BCUT2D eigenvalue weighted by Crippen LogP contribution is 2.42. The summed E-state index contributed by atoms with van der Waals surface area (Å²) < 4.78 is 10.8. The minimum absolute atomic E-state index is 0.0667. The molecule has 2 aliphatic rings. The fraction of sp³-hybridized carbons (Fsp3) is 0.0952. The number of nitro groups is 1. The van der Waals surface area contributed by atoms with E-state index in [4.69, 9.17) is 9.47 Å². The average molecular weight is 389 g/mol. The Labute approximate surface area is 165 Å². The van der Waals surface area contributed by atoms with Crippen molar-refractivity contribution in [3.05, 3.63) is 88.0 Å². The standard InChI is InChI=1S/C21H15N3O5/c25-21-14-5-1-3-7-16(14)22-20(15-6-2-4-8-17(15)24(26)27)23(21)13-9-10-18-19(11-13)29-12-28-18/h1-11,20,22H,12H2. The SMILES string of the molecule is O=C1c2ccccc2NC(c2ccccc2[N+](=O)[O-])N1c1ccc2c(c1)OCO2. The molecule has 0 spiro atoms. The number of hydrogen-bond acceptors (Lipinski definition) is 6. The van der Waals surface area contributed by atoms with Gasteiger partial charge in [-0.1, -0.05) is 24.3 Å². The fourth-order valence-corrected chi connectivity index (χ4v) is 3.66. The van der Waals surface area contributed by atoms with Gasteiger partial charge in [-0.05, 0) is 30.3 Å². The van der Waals surface area contributed by atoms with Gasteiger partial charge >= 0.3 is 0 Å². The first kappa shape index (κ1) is 17.1. The molecule has 1 N–H and O–H groups in total. The first-order chi connectivity index (χ1) is 14.1. The monoisotopic (exact) mass is 389 g/mol. The highest BCUT2D eigenvalue weighted by atomic mass is 16.7. The molecule has 0 bridgehead atoms. The molecule has 0 aliphatic carbocycles. The maximum absolute atomic E-state index is 13.4. The molecule has 144 valence electrons. The summed E-state index contributed by atoms with van der Waals surface area (Å²) in [6, 6.07) is 18.7. The second kappa shape index (κ2) is 6.52. The lowest BCUT2D eigenvalue weighted by atomic mass is 10.0. The number of anilines is 2. The van der Waals surface area contributed by atoms with E-state index < -0.39 is 11.1 Å². The molecule has 0 aromatic heterocycles. The number of nitrogens with zero attached hydrogens (tertiary/aromatic N) is 2. The van der Waals surface area contributed by atoms with Gasteiger partial charge in [0.15, 0.2) is 11.5 Å². The second-order valence-corrected chi connectivity index (χ2v) is 6.62. The second-order valence-electron chi connectivity index (χ2n) is 6.62. The van der Waals surface area contributed by atoms with Crippen molar-refractivity contribution in [3.8, 4) is 11.5 Å². The molecular formula is C21H15N3O5. The Morgan fingerprint density at radius 2 is 1.76 bits per heavy atom. The Morgan fingerprint density at radius 1 is 1.00 bits per heavy atom. The molecule has 5 rings (SSSR count). The van der Waals surface area contributed by atoms with Crippen molar-refractivity contribution in [1.82, 2.24) is 0 Å². The van der Waals surface area contributed by atoms with Crippen LogP contribution < -0.4 is 19.7 Å². The van der Waals surface area contributed by atoms with Crippen LogP contribution in [0.5, 0.6) is 11.5 Å². The number of amides is 1. The Bertz CT molecular complexity index is 1150. The van der Waals surface area contributed by atoms with Crippen molar-refractivity contribution in [2.75, 3.05) is 17.0 Å². The minimum atomic E-state index is -0.764. The maximum atomic E-state index is 13.4. The predicted molar refractivity (Wildman–Crippen MR) is 105 cm³/mol. The molecule has 29 heavy (non-hydrogen) atoms. The third kappa shape index (κ3) is 2.73. The van der Waals surface area contributed by atoms with Crippen LogP contribution in [-0.2, 0) is 0 Å². The zero-order chi connectivity index (χ0) is 20.0. The first-order valence-corrected chi connectivity index (χ1v) is 8.95. The van der Waals surface area contributed by atoms with Crippen LogP contribution in [0.15, 0.2) is 66.7 Å². The Morgan fingerprint density at radius 3 is 2.62 bits per heavy atom. The van der Waals surface area contributed by atoms with E-state index in [1.807, 2.05) is 6.07 Å². The summed E-state index contributed by atoms with van der Waals surface area (Å²) in [7, 11) is 0. The van der Waals surface area contributed by atoms with Crippen molar-refractivity contribution in [1.29, 1.82) is 0 Å². The number of rotatable bonds is 3. The smallest absolute Gasteiger partial charge is 0.276 e. The Kier molecular flexibility index (Phi) is 3.83. The van der Waals surface area contributed by atoms with Gasteiger partial charge in [-0.2, -0.15) is 0 Å². The summed E-state index contributed by atoms with van der Waals surface area (Å²) >= 11 is 0. The molecule has 0 radical (unpaired) electrons. The van der Waals surface area contributed by atoms with Gasteiger partial charge in [0.05, 0.1) is 21.7 Å². The molecule has 3 aromatic carbocycles. The number of nitro benzene ring substituents is 1. The third-order valence-electron chi connectivity index (χ3n) is 4.99. The lowest BCUT2D eigenvalue weighted by molar-refractivity contribution is -0.385. The van der Waals surface area contributed by atoms with Crippen LogP contribution in [-0.4, -0.2) is 17.6 Å². The quantitative estimate of drug-likeness (QED) is 0.536. The van der Waals surface area contributed by atoms with E-state index in [9.17, 15) is 14.9 Å². The molecule has 2 aliphatic heterocycles. The van der Waals surface area contributed by atoms with E-state index in [0.29, 0.717) is 34.0 Å². The molecule has 1 unspecified atom stereocenters. The van der Waals surface area contributed by atoms with Crippen molar-refractivity contribution in [3.63, 3.8) is 0 Å². The molecule has 8 heteroatoms. The highest BCUT2D eigenvalue weighted by Gasteiger charge is 2.37. The maximum Gasteiger partial charge on any atom is 0.276 e. The first-order valence-electron chi connectivity index (χ1n) is 8.95. The summed E-state index contributed by atoms with van der Waals surface area (Å²) in [5.74, 6) is 0.852. The van der Waals surface area contributed by atoms with E-state index >= 15 is 0 Å². The molecule has 1 atom stereocenters. The van der Waals surface area contributed by atoms with Crippen molar-refractivity contribution >= 4 is 23.0 Å². The molecule has 2 heterocycles. The van der Waals surface area contributed by atoms with Gasteiger partial charge in [0, 0.05) is 17.8 Å². The molecule has 8 nitrogen and oxygen atoms in total. The zero-order valence-corrected chi connectivity index (χ0v) is 15.1. The van der Waals surface area contributed by atoms with Crippen LogP contribution in [0, 0.1) is 10.1 Å². The largest absolute Gasteiger partial charge is 0.454 e. The molecule has 0 saturated heterocycles. The molecule has 0 fully saturated rings. The fourth-order valence-electron chi connectivity index (χ4n) is 3.66. The van der Waals surface area contributed by atoms with E-state index in [1.54, 1.807) is 54.6 Å². The number of carbonyl (C=O) groups excluding carboxylic acids is 1. The van der Waals surface area contributed by atoms with Gasteiger partial charge in [-0.25, -0.2) is 0 Å². The molecule has 1 amide bonds. The number of benzene rings is 3. The van der Waals surface area contributed by atoms with E-state index in [-0.39, 0.29) is 18.4 Å². The van der Waals surface area contributed by atoms with Crippen LogP contribution in [0.2, 0.25) is 0 Å². The van der Waals surface area contributed by atoms with Crippen LogP contribution in [0.1, 0.15) is 22.1 Å². The van der Waals surface area contributed by atoms with Crippen LogP contribution in [0.25, 0.3) is 0 Å². The highest BCUT2D eigenvalue weighted by molar-refractivity contribution is 6.12. The number of para-hydroxylation sites is 2. The van der Waals surface area contributed by atoms with Crippen LogP contribution >= 0.6 is 0 Å². The number of hydrogen-bond donors (Lipinski definition) is 1. The molecule has 0 saturated carbocycles. The summed E-state index contributed by atoms with van der Waals surface area (Å²) in [5, 5.41) is 14.9. The van der Waals surface area contributed by atoms with Gasteiger partial charge in [-0.3, -0.25) is 19.8 Å². The van der Waals surface area contributed by atoms with Gasteiger partial charge in [0.1, 0.15) is 6.17 Å². The van der Waals surface area contributed by atoms with Gasteiger partial charge in [0.2, 0.25) is 6.79 Å². The summed E-state index contributed by atoms with van der Waals surface area (Å²) in [6.45, 7) is 0.113. The lowest BCUT2D eigenvalue weighted by Gasteiger charge is -2.37. The van der Waals surface area contributed by atoms with Gasteiger partial charge < -0.3 is 14.8 Å². The lowest BCUT2D eigenvalue weighted by Crippen LogP contribution is -2.43. The number of nitrogens with one attached hydrogen (secondary N) is 1. The molecular weight excluding hydrogens is 374 g/mol. The number of ether oxygens (including phenoxy) is 2. The summed E-state index contributed by atoms with van der Waals surface area (Å²) in [4.78, 5) is 26.1. The van der Waals surface area contributed by atoms with Crippen molar-refractivity contribution in [2.24, 2.45) is 0 Å².